The van der Waals surface area contributed by atoms with Gasteiger partial charge in [-0.3, -0.25) is 0 Å². The van der Waals surface area contributed by atoms with E-state index in [4.69, 9.17) is 14.2 Å². The van der Waals surface area contributed by atoms with Crippen LogP contribution in [0.25, 0.3) is 0 Å². The average molecular weight is 223 g/mol. The molecule has 0 bridgehead atoms. The largest absolute Gasteiger partial charge is 0.497 e. The van der Waals surface area contributed by atoms with Gasteiger partial charge in [-0.15, -0.1) is 0 Å². The minimum atomic E-state index is 0.278. The first-order valence-corrected chi connectivity index (χ1v) is 5.46. The van der Waals surface area contributed by atoms with Crippen molar-refractivity contribution in [1.82, 2.24) is 5.32 Å². The highest BCUT2D eigenvalue weighted by Crippen LogP contribution is 2.18. The Balaban J connectivity index is 1.83. The molecule has 1 heterocycles. The van der Waals surface area contributed by atoms with Gasteiger partial charge in [0.2, 0.25) is 0 Å². The van der Waals surface area contributed by atoms with E-state index in [9.17, 15) is 0 Å². The molecule has 0 aliphatic carbocycles. The number of hydrogen-bond donors (Lipinski definition) is 1. The van der Waals surface area contributed by atoms with Crippen LogP contribution in [0.3, 0.4) is 0 Å². The third-order valence-corrected chi connectivity index (χ3v) is 2.49. The molecule has 1 aliphatic heterocycles. The van der Waals surface area contributed by atoms with Gasteiger partial charge in [-0.1, -0.05) is 6.07 Å². The van der Waals surface area contributed by atoms with Crippen molar-refractivity contribution in [3.05, 3.63) is 24.3 Å². The van der Waals surface area contributed by atoms with Crippen LogP contribution in [0.5, 0.6) is 11.5 Å². The van der Waals surface area contributed by atoms with E-state index in [1.165, 1.54) is 0 Å². The van der Waals surface area contributed by atoms with E-state index in [2.05, 4.69) is 5.32 Å². The second-order valence-electron chi connectivity index (χ2n) is 3.72. The van der Waals surface area contributed by atoms with Crippen molar-refractivity contribution < 1.29 is 14.2 Å². The smallest absolute Gasteiger partial charge is 0.123 e. The van der Waals surface area contributed by atoms with Gasteiger partial charge in [0, 0.05) is 12.6 Å². The van der Waals surface area contributed by atoms with E-state index in [0.717, 1.165) is 24.7 Å². The van der Waals surface area contributed by atoms with Crippen LogP contribution in [0.1, 0.15) is 0 Å². The van der Waals surface area contributed by atoms with Gasteiger partial charge in [0.1, 0.15) is 18.1 Å². The van der Waals surface area contributed by atoms with E-state index in [0.29, 0.717) is 13.2 Å². The number of hydrogen-bond acceptors (Lipinski definition) is 4. The van der Waals surface area contributed by atoms with Crippen LogP contribution in [0.4, 0.5) is 0 Å². The lowest BCUT2D eigenvalue weighted by molar-refractivity contribution is 0.0592. The molecule has 1 aromatic rings. The Bertz CT molecular complexity index is 324. The Labute approximate surface area is 95.5 Å². The van der Waals surface area contributed by atoms with Gasteiger partial charge < -0.3 is 19.5 Å². The minimum absolute atomic E-state index is 0.278. The van der Waals surface area contributed by atoms with E-state index in [-0.39, 0.29) is 6.04 Å². The standard InChI is InChI=1S/C12H17NO3/c1-14-11-3-2-4-12(7-11)16-9-10-8-15-6-5-13-10/h2-4,7,10,13H,5-6,8-9H2,1H3. The summed E-state index contributed by atoms with van der Waals surface area (Å²) in [6.07, 6.45) is 0. The first-order valence-electron chi connectivity index (χ1n) is 5.46. The summed E-state index contributed by atoms with van der Waals surface area (Å²) in [5.74, 6) is 1.64. The molecule has 1 saturated heterocycles. The molecule has 2 rings (SSSR count). The van der Waals surface area contributed by atoms with Gasteiger partial charge in [-0.25, -0.2) is 0 Å². The second-order valence-corrected chi connectivity index (χ2v) is 3.72. The zero-order valence-corrected chi connectivity index (χ0v) is 9.44. The molecule has 1 unspecified atom stereocenters. The van der Waals surface area contributed by atoms with E-state index in [1.807, 2.05) is 24.3 Å². The zero-order chi connectivity index (χ0) is 11.2. The van der Waals surface area contributed by atoms with Crippen LogP contribution in [-0.4, -0.2) is 39.5 Å². The summed E-state index contributed by atoms with van der Waals surface area (Å²) in [7, 11) is 1.65. The van der Waals surface area contributed by atoms with Gasteiger partial charge in [0.15, 0.2) is 0 Å². The van der Waals surface area contributed by atoms with Crippen molar-refractivity contribution in [2.75, 3.05) is 33.5 Å². The Morgan fingerprint density at radius 2 is 2.31 bits per heavy atom. The third-order valence-electron chi connectivity index (χ3n) is 2.49. The summed E-state index contributed by atoms with van der Waals surface area (Å²) in [4.78, 5) is 0. The molecule has 1 aromatic carbocycles. The van der Waals surface area contributed by atoms with Crippen molar-refractivity contribution >= 4 is 0 Å². The molecule has 88 valence electrons. The SMILES string of the molecule is COc1cccc(OCC2COCCN2)c1. The quantitative estimate of drug-likeness (QED) is 0.828. The molecule has 1 atom stereocenters. The molecular weight excluding hydrogens is 206 g/mol. The van der Waals surface area contributed by atoms with Crippen molar-refractivity contribution in [2.45, 2.75) is 6.04 Å². The molecule has 0 saturated carbocycles. The highest BCUT2D eigenvalue weighted by Gasteiger charge is 2.13. The highest BCUT2D eigenvalue weighted by atomic mass is 16.5. The fourth-order valence-electron chi connectivity index (χ4n) is 1.61. The van der Waals surface area contributed by atoms with Crippen LogP contribution in [0, 0.1) is 0 Å². The number of rotatable bonds is 4. The lowest BCUT2D eigenvalue weighted by Gasteiger charge is -2.23. The Morgan fingerprint density at radius 1 is 1.44 bits per heavy atom. The summed E-state index contributed by atoms with van der Waals surface area (Å²) in [5, 5.41) is 3.34. The highest BCUT2D eigenvalue weighted by molar-refractivity contribution is 5.32. The Hall–Kier alpha value is -1.26. The van der Waals surface area contributed by atoms with Crippen molar-refractivity contribution in [1.29, 1.82) is 0 Å². The van der Waals surface area contributed by atoms with Crippen LogP contribution in [0.15, 0.2) is 24.3 Å². The van der Waals surface area contributed by atoms with Crippen molar-refractivity contribution in [2.24, 2.45) is 0 Å². The van der Waals surface area contributed by atoms with Gasteiger partial charge >= 0.3 is 0 Å². The first kappa shape index (κ1) is 11.2. The number of benzene rings is 1. The topological polar surface area (TPSA) is 39.7 Å². The van der Waals surface area contributed by atoms with Gasteiger partial charge in [-0.05, 0) is 12.1 Å². The molecule has 4 nitrogen and oxygen atoms in total. The van der Waals surface area contributed by atoms with Crippen LogP contribution < -0.4 is 14.8 Å². The molecule has 4 heteroatoms. The predicted molar refractivity (Wildman–Crippen MR) is 61.1 cm³/mol. The number of morpholine rings is 1. The maximum atomic E-state index is 5.67. The number of nitrogens with one attached hydrogen (secondary N) is 1. The molecule has 1 fully saturated rings. The summed E-state index contributed by atoms with van der Waals surface area (Å²) < 4.78 is 16.1. The summed E-state index contributed by atoms with van der Waals surface area (Å²) in [5.41, 5.74) is 0. The maximum Gasteiger partial charge on any atom is 0.123 e. The normalized spacial score (nSPS) is 20.4. The summed E-state index contributed by atoms with van der Waals surface area (Å²) >= 11 is 0. The molecular formula is C12H17NO3. The van der Waals surface area contributed by atoms with Crippen molar-refractivity contribution in [3.63, 3.8) is 0 Å². The van der Waals surface area contributed by atoms with E-state index in [1.54, 1.807) is 7.11 Å². The van der Waals surface area contributed by atoms with Crippen molar-refractivity contribution in [3.8, 4) is 11.5 Å². The van der Waals surface area contributed by atoms with Crippen LogP contribution in [-0.2, 0) is 4.74 Å². The molecule has 1 aliphatic rings. The fourth-order valence-corrected chi connectivity index (χ4v) is 1.61. The summed E-state index contributed by atoms with van der Waals surface area (Å²) in [6, 6.07) is 7.89. The molecule has 1 N–H and O–H groups in total. The minimum Gasteiger partial charge on any atom is -0.497 e. The average Bonchev–Trinajstić information content (AvgIpc) is 2.38. The first-order chi connectivity index (χ1) is 7.88. The molecule has 0 spiro atoms. The Kier molecular flexibility index (Phi) is 4.02. The molecule has 0 aromatic heterocycles. The fraction of sp³-hybridized carbons (Fsp3) is 0.500. The predicted octanol–water partition coefficient (Wildman–Crippen LogP) is 1.06. The van der Waals surface area contributed by atoms with E-state index >= 15 is 0 Å². The van der Waals surface area contributed by atoms with Crippen LogP contribution >= 0.6 is 0 Å². The second kappa shape index (κ2) is 5.72. The summed E-state index contributed by atoms with van der Waals surface area (Å²) in [6.45, 7) is 3.01. The van der Waals surface area contributed by atoms with E-state index < -0.39 is 0 Å². The Morgan fingerprint density at radius 3 is 3.06 bits per heavy atom. The molecule has 0 radical (unpaired) electrons. The third kappa shape index (κ3) is 3.12. The van der Waals surface area contributed by atoms with Gasteiger partial charge in [-0.2, -0.15) is 0 Å². The van der Waals surface area contributed by atoms with Gasteiger partial charge in [0.25, 0.3) is 0 Å². The molecule has 16 heavy (non-hydrogen) atoms. The zero-order valence-electron chi connectivity index (χ0n) is 9.44. The van der Waals surface area contributed by atoms with Crippen LogP contribution in [0.2, 0.25) is 0 Å². The van der Waals surface area contributed by atoms with Gasteiger partial charge in [0.05, 0.1) is 26.4 Å². The number of methoxy groups -OCH3 is 1. The lowest BCUT2D eigenvalue weighted by atomic mass is 10.3. The molecule has 0 amide bonds. The monoisotopic (exact) mass is 223 g/mol. The number of ether oxygens (including phenoxy) is 3. The lowest BCUT2D eigenvalue weighted by Crippen LogP contribution is -2.44. The maximum absolute atomic E-state index is 5.67.